The van der Waals surface area contributed by atoms with Gasteiger partial charge >= 0.3 is 5.97 Å². The fourth-order valence-electron chi connectivity index (χ4n) is 3.18. The first kappa shape index (κ1) is 21.7. The van der Waals surface area contributed by atoms with Gasteiger partial charge in [-0.2, -0.15) is 10.4 Å². The molecule has 0 unspecified atom stereocenters. The predicted molar refractivity (Wildman–Crippen MR) is 115 cm³/mol. The number of nitrogens with zero attached hydrogens (tertiary/aromatic N) is 5. The maximum atomic E-state index is 12.8. The maximum absolute atomic E-state index is 12.8. The van der Waals surface area contributed by atoms with Crippen molar-refractivity contribution >= 4 is 17.6 Å². The van der Waals surface area contributed by atoms with Gasteiger partial charge in [-0.1, -0.05) is 38.1 Å². The van der Waals surface area contributed by atoms with Gasteiger partial charge in [0.15, 0.2) is 12.4 Å². The van der Waals surface area contributed by atoms with Gasteiger partial charge < -0.3 is 9.64 Å². The van der Waals surface area contributed by atoms with E-state index in [2.05, 4.69) is 10.1 Å². The second-order valence-electron chi connectivity index (χ2n) is 7.06. The number of carbonyl (C=O) groups excluding carboxylic acids is 2. The number of pyridine rings is 1. The maximum Gasteiger partial charge on any atom is 0.342 e. The zero-order valence-corrected chi connectivity index (χ0v) is 17.4. The van der Waals surface area contributed by atoms with Crippen LogP contribution in [0.5, 0.6) is 0 Å². The Morgan fingerprint density at radius 1 is 1.16 bits per heavy atom. The highest BCUT2D eigenvalue weighted by atomic mass is 16.5. The Morgan fingerprint density at radius 3 is 2.55 bits per heavy atom. The normalized spacial score (nSPS) is 10.5. The molecule has 0 aliphatic carbocycles. The first-order chi connectivity index (χ1) is 15.0. The highest BCUT2D eigenvalue weighted by Crippen LogP contribution is 2.23. The van der Waals surface area contributed by atoms with Crippen LogP contribution in [0.1, 0.15) is 42.2 Å². The molecule has 2 heterocycles. The lowest BCUT2D eigenvalue weighted by Crippen LogP contribution is -2.35. The molecular weight excluding hydrogens is 394 g/mol. The van der Waals surface area contributed by atoms with Gasteiger partial charge in [0.25, 0.3) is 5.91 Å². The van der Waals surface area contributed by atoms with Crippen LogP contribution in [0.25, 0.3) is 5.82 Å². The van der Waals surface area contributed by atoms with E-state index in [1.165, 1.54) is 11.1 Å². The van der Waals surface area contributed by atoms with Crippen molar-refractivity contribution in [1.82, 2.24) is 14.8 Å². The van der Waals surface area contributed by atoms with Crippen molar-refractivity contribution in [3.05, 3.63) is 72.2 Å². The summed E-state index contributed by atoms with van der Waals surface area (Å²) in [6.45, 7) is 3.66. The van der Waals surface area contributed by atoms with E-state index in [-0.39, 0.29) is 24.4 Å². The van der Waals surface area contributed by atoms with Crippen molar-refractivity contribution in [2.45, 2.75) is 26.2 Å². The molecule has 31 heavy (non-hydrogen) atoms. The summed E-state index contributed by atoms with van der Waals surface area (Å²) in [5.74, 6) is -0.474. The Morgan fingerprint density at radius 2 is 1.90 bits per heavy atom. The SMILES string of the molecule is CC(C)c1c(C(=O)OCC(=O)N(CCC#N)c2ccccc2)cnn1-c1ccccn1. The van der Waals surface area contributed by atoms with Crippen LogP contribution in [0.4, 0.5) is 5.69 Å². The molecule has 8 heteroatoms. The van der Waals surface area contributed by atoms with Crippen LogP contribution in [0.3, 0.4) is 0 Å². The molecule has 0 spiro atoms. The highest BCUT2D eigenvalue weighted by Gasteiger charge is 2.24. The van der Waals surface area contributed by atoms with E-state index in [1.807, 2.05) is 32.0 Å². The predicted octanol–water partition coefficient (Wildman–Crippen LogP) is 3.49. The van der Waals surface area contributed by atoms with Crippen molar-refractivity contribution in [2.75, 3.05) is 18.1 Å². The second kappa shape index (κ2) is 10.2. The summed E-state index contributed by atoms with van der Waals surface area (Å²) in [5.41, 5.74) is 1.59. The number of benzene rings is 1. The van der Waals surface area contributed by atoms with E-state index in [4.69, 9.17) is 10.00 Å². The highest BCUT2D eigenvalue weighted by molar-refractivity contribution is 5.97. The molecule has 0 aliphatic heterocycles. The van der Waals surface area contributed by atoms with Crippen molar-refractivity contribution < 1.29 is 14.3 Å². The molecule has 0 radical (unpaired) electrons. The third kappa shape index (κ3) is 5.14. The van der Waals surface area contributed by atoms with Crippen LogP contribution in [0.2, 0.25) is 0 Å². The van der Waals surface area contributed by atoms with E-state index in [0.29, 0.717) is 17.2 Å². The number of ether oxygens (including phenoxy) is 1. The van der Waals surface area contributed by atoms with Gasteiger partial charge in [-0.05, 0) is 30.2 Å². The number of carbonyl (C=O) groups is 2. The third-order valence-electron chi connectivity index (χ3n) is 4.58. The molecule has 0 saturated heterocycles. The van der Waals surface area contributed by atoms with Gasteiger partial charge in [-0.3, -0.25) is 4.79 Å². The van der Waals surface area contributed by atoms with E-state index >= 15 is 0 Å². The Balaban J connectivity index is 1.76. The molecule has 0 bridgehead atoms. The fraction of sp³-hybridized carbons (Fsp3) is 0.261. The molecule has 0 N–H and O–H groups in total. The van der Waals surface area contributed by atoms with Crippen LogP contribution in [0.15, 0.2) is 60.9 Å². The monoisotopic (exact) mass is 417 g/mol. The first-order valence-electron chi connectivity index (χ1n) is 9.91. The van der Waals surface area contributed by atoms with Crippen LogP contribution in [-0.2, 0) is 9.53 Å². The van der Waals surface area contributed by atoms with E-state index in [1.54, 1.807) is 47.3 Å². The number of hydrogen-bond donors (Lipinski definition) is 0. The Labute approximate surface area is 180 Å². The summed E-state index contributed by atoms with van der Waals surface area (Å²) < 4.78 is 6.93. The zero-order valence-electron chi connectivity index (χ0n) is 17.4. The van der Waals surface area contributed by atoms with Crippen LogP contribution >= 0.6 is 0 Å². The standard InChI is InChI=1S/C23H23N5O3/c1-17(2)22-19(15-26-28(22)20-11-6-7-13-25-20)23(30)31-16-21(29)27(14-8-12-24)18-9-4-3-5-10-18/h3-7,9-11,13,15,17H,8,14,16H2,1-2H3. The number of para-hydroxylation sites is 1. The molecule has 1 amide bonds. The number of nitriles is 1. The van der Waals surface area contributed by atoms with Gasteiger partial charge in [-0.25, -0.2) is 14.5 Å². The number of rotatable bonds is 8. The Hall–Kier alpha value is -3.99. The summed E-state index contributed by atoms with van der Waals surface area (Å²) >= 11 is 0. The summed E-state index contributed by atoms with van der Waals surface area (Å²) in [5, 5.41) is 13.2. The Bertz CT molecular complexity index is 1070. The topological polar surface area (TPSA) is 101 Å². The molecule has 3 rings (SSSR count). The summed E-state index contributed by atoms with van der Waals surface area (Å²) in [6, 6.07) is 16.4. The summed E-state index contributed by atoms with van der Waals surface area (Å²) in [6.07, 6.45) is 3.25. The number of anilines is 1. The number of hydrogen-bond acceptors (Lipinski definition) is 6. The van der Waals surface area contributed by atoms with E-state index in [9.17, 15) is 9.59 Å². The van der Waals surface area contributed by atoms with Crippen LogP contribution in [0, 0.1) is 11.3 Å². The molecule has 1 aromatic carbocycles. The molecular formula is C23H23N5O3. The third-order valence-corrected chi connectivity index (χ3v) is 4.58. The van der Waals surface area contributed by atoms with Crippen molar-refractivity contribution in [1.29, 1.82) is 5.26 Å². The number of amides is 1. The van der Waals surface area contributed by atoms with E-state index < -0.39 is 18.5 Å². The van der Waals surface area contributed by atoms with Gasteiger partial charge in [0.1, 0.15) is 5.56 Å². The lowest BCUT2D eigenvalue weighted by atomic mass is 10.1. The number of aromatic nitrogens is 3. The molecule has 0 saturated carbocycles. The van der Waals surface area contributed by atoms with Crippen molar-refractivity contribution in [3.8, 4) is 11.9 Å². The van der Waals surface area contributed by atoms with Gasteiger partial charge in [-0.15, -0.1) is 0 Å². The molecule has 8 nitrogen and oxygen atoms in total. The molecule has 0 atom stereocenters. The van der Waals surface area contributed by atoms with Gasteiger partial charge in [0.2, 0.25) is 0 Å². The van der Waals surface area contributed by atoms with Gasteiger partial charge in [0, 0.05) is 18.4 Å². The molecule has 158 valence electrons. The summed E-state index contributed by atoms with van der Waals surface area (Å²) in [7, 11) is 0. The van der Waals surface area contributed by atoms with Crippen LogP contribution < -0.4 is 4.90 Å². The molecule has 3 aromatic rings. The van der Waals surface area contributed by atoms with Crippen molar-refractivity contribution in [3.63, 3.8) is 0 Å². The largest absolute Gasteiger partial charge is 0.452 e. The lowest BCUT2D eigenvalue weighted by molar-refractivity contribution is -0.121. The minimum Gasteiger partial charge on any atom is -0.452 e. The zero-order chi connectivity index (χ0) is 22.2. The van der Waals surface area contributed by atoms with Crippen molar-refractivity contribution in [2.24, 2.45) is 0 Å². The van der Waals surface area contributed by atoms with E-state index in [0.717, 1.165) is 0 Å². The average molecular weight is 417 g/mol. The van der Waals surface area contributed by atoms with Crippen LogP contribution in [-0.4, -0.2) is 39.8 Å². The average Bonchev–Trinajstić information content (AvgIpc) is 3.25. The smallest absolute Gasteiger partial charge is 0.342 e. The molecule has 2 aromatic heterocycles. The fourth-order valence-corrected chi connectivity index (χ4v) is 3.18. The first-order valence-corrected chi connectivity index (χ1v) is 9.91. The summed E-state index contributed by atoms with van der Waals surface area (Å²) in [4.78, 5) is 31.2. The minimum absolute atomic E-state index is 0.0285. The second-order valence-corrected chi connectivity index (χ2v) is 7.06. The quantitative estimate of drug-likeness (QED) is 0.520. The lowest BCUT2D eigenvalue weighted by Gasteiger charge is -2.21. The Kier molecular flexibility index (Phi) is 7.12. The van der Waals surface area contributed by atoms with Gasteiger partial charge in [0.05, 0.1) is 24.4 Å². The minimum atomic E-state index is -0.632. The molecule has 0 aliphatic rings. The number of esters is 1. The molecule has 0 fully saturated rings.